The SMILES string of the molecule is O=C(COC(=O)C=Cc1ccc(C(F)(F)F)cc1)Nc1cc(F)ccc1F. The van der Waals surface area contributed by atoms with Crippen LogP contribution in [0.25, 0.3) is 6.08 Å². The molecular formula is C18H12F5NO3. The first-order valence-corrected chi connectivity index (χ1v) is 7.42. The Morgan fingerprint density at radius 2 is 1.70 bits per heavy atom. The van der Waals surface area contributed by atoms with Crippen LogP contribution in [0.1, 0.15) is 11.1 Å². The van der Waals surface area contributed by atoms with E-state index >= 15 is 0 Å². The van der Waals surface area contributed by atoms with Crippen LogP contribution in [-0.2, 0) is 20.5 Å². The summed E-state index contributed by atoms with van der Waals surface area (Å²) < 4.78 is 68.3. The van der Waals surface area contributed by atoms with E-state index in [2.05, 4.69) is 4.74 Å². The van der Waals surface area contributed by atoms with E-state index in [4.69, 9.17) is 0 Å². The second-order valence-corrected chi connectivity index (χ2v) is 5.23. The maximum Gasteiger partial charge on any atom is 0.416 e. The number of anilines is 1. The van der Waals surface area contributed by atoms with Crippen LogP contribution in [0, 0.1) is 11.6 Å². The van der Waals surface area contributed by atoms with E-state index in [-0.39, 0.29) is 0 Å². The number of benzene rings is 2. The minimum absolute atomic E-state index is 0.311. The summed E-state index contributed by atoms with van der Waals surface area (Å²) in [5.74, 6) is -3.46. The lowest BCUT2D eigenvalue weighted by molar-refractivity contribution is -0.142. The molecule has 0 radical (unpaired) electrons. The first-order chi connectivity index (χ1) is 12.6. The molecule has 1 N–H and O–H groups in total. The Morgan fingerprint density at radius 3 is 2.33 bits per heavy atom. The van der Waals surface area contributed by atoms with E-state index in [1.54, 1.807) is 0 Å². The number of hydrogen-bond donors (Lipinski definition) is 1. The van der Waals surface area contributed by atoms with Crippen molar-refractivity contribution in [2.75, 3.05) is 11.9 Å². The van der Waals surface area contributed by atoms with Gasteiger partial charge in [-0.1, -0.05) is 12.1 Å². The molecule has 0 aliphatic heterocycles. The molecule has 142 valence electrons. The normalized spacial score (nSPS) is 11.4. The Labute approximate surface area is 150 Å². The lowest BCUT2D eigenvalue weighted by Gasteiger charge is -2.07. The number of nitrogens with one attached hydrogen (secondary N) is 1. The van der Waals surface area contributed by atoms with Crippen molar-refractivity contribution in [2.45, 2.75) is 6.18 Å². The Morgan fingerprint density at radius 1 is 1.04 bits per heavy atom. The molecule has 2 rings (SSSR count). The highest BCUT2D eigenvalue weighted by atomic mass is 19.4. The minimum atomic E-state index is -4.46. The predicted octanol–water partition coefficient (Wildman–Crippen LogP) is 4.18. The molecule has 0 atom stereocenters. The number of carbonyl (C=O) groups excluding carboxylic acids is 2. The Bertz CT molecular complexity index is 860. The average molecular weight is 385 g/mol. The number of alkyl halides is 3. The van der Waals surface area contributed by atoms with E-state index in [0.29, 0.717) is 5.56 Å². The quantitative estimate of drug-likeness (QED) is 0.477. The fraction of sp³-hybridized carbons (Fsp3) is 0.111. The van der Waals surface area contributed by atoms with Crippen LogP contribution in [0.2, 0.25) is 0 Å². The molecule has 0 saturated heterocycles. The van der Waals surface area contributed by atoms with Crippen LogP contribution in [0.5, 0.6) is 0 Å². The zero-order valence-corrected chi connectivity index (χ0v) is 13.5. The fourth-order valence-corrected chi connectivity index (χ4v) is 1.91. The Kier molecular flexibility index (Phi) is 6.27. The fourth-order valence-electron chi connectivity index (χ4n) is 1.91. The van der Waals surface area contributed by atoms with E-state index < -0.39 is 47.5 Å². The van der Waals surface area contributed by atoms with Gasteiger partial charge in [0.1, 0.15) is 11.6 Å². The van der Waals surface area contributed by atoms with Gasteiger partial charge in [0.25, 0.3) is 5.91 Å². The summed E-state index contributed by atoms with van der Waals surface area (Å²) in [4.78, 5) is 23.1. The molecule has 1 amide bonds. The van der Waals surface area contributed by atoms with Gasteiger partial charge in [0.2, 0.25) is 0 Å². The summed E-state index contributed by atoms with van der Waals surface area (Å²) in [7, 11) is 0. The lowest BCUT2D eigenvalue weighted by Crippen LogP contribution is -2.20. The number of halogens is 5. The summed E-state index contributed by atoms with van der Waals surface area (Å²) in [6, 6.07) is 6.48. The first-order valence-electron chi connectivity index (χ1n) is 7.42. The van der Waals surface area contributed by atoms with Gasteiger partial charge in [-0.05, 0) is 35.9 Å². The third-order valence-corrected chi connectivity index (χ3v) is 3.20. The first kappa shape index (κ1) is 20.1. The molecule has 0 aliphatic carbocycles. The number of esters is 1. The van der Waals surface area contributed by atoms with Crippen molar-refractivity contribution in [1.82, 2.24) is 0 Å². The standard InChI is InChI=1S/C18H12F5NO3/c19-13-6-7-14(20)15(9-13)24-16(25)10-27-17(26)8-3-11-1-4-12(5-2-11)18(21,22)23/h1-9H,10H2,(H,24,25). The molecule has 0 unspecified atom stereocenters. The van der Waals surface area contributed by atoms with E-state index in [9.17, 15) is 31.5 Å². The second kappa shape index (κ2) is 8.43. The third kappa shape index (κ3) is 6.21. The van der Waals surface area contributed by atoms with Gasteiger partial charge in [0.05, 0.1) is 11.3 Å². The number of amides is 1. The molecule has 0 fully saturated rings. The van der Waals surface area contributed by atoms with Gasteiger partial charge < -0.3 is 10.1 Å². The summed E-state index contributed by atoms with van der Waals surface area (Å²) in [6.45, 7) is -0.758. The molecule has 4 nitrogen and oxygen atoms in total. The molecule has 0 heterocycles. The minimum Gasteiger partial charge on any atom is -0.452 e. The van der Waals surface area contributed by atoms with Crippen molar-refractivity contribution in [2.24, 2.45) is 0 Å². The molecule has 2 aromatic rings. The van der Waals surface area contributed by atoms with Gasteiger partial charge in [-0.2, -0.15) is 13.2 Å². The van der Waals surface area contributed by atoms with E-state index in [1.807, 2.05) is 5.32 Å². The molecule has 0 aliphatic rings. The van der Waals surface area contributed by atoms with Crippen molar-refractivity contribution in [3.05, 3.63) is 71.3 Å². The lowest BCUT2D eigenvalue weighted by atomic mass is 10.1. The summed E-state index contributed by atoms with van der Waals surface area (Å²) in [5, 5.41) is 2.04. The van der Waals surface area contributed by atoms with Crippen LogP contribution >= 0.6 is 0 Å². The number of rotatable bonds is 5. The molecule has 0 bridgehead atoms. The summed E-state index contributed by atoms with van der Waals surface area (Å²) in [5.41, 5.74) is -0.925. The summed E-state index contributed by atoms with van der Waals surface area (Å²) in [6.07, 6.45) is -2.35. The average Bonchev–Trinajstić information content (AvgIpc) is 2.61. The van der Waals surface area contributed by atoms with Crippen molar-refractivity contribution < 1.29 is 36.3 Å². The van der Waals surface area contributed by atoms with Crippen LogP contribution in [0.15, 0.2) is 48.5 Å². The molecule has 2 aromatic carbocycles. The Hall–Kier alpha value is -3.23. The zero-order chi connectivity index (χ0) is 20.0. The highest BCUT2D eigenvalue weighted by Gasteiger charge is 2.29. The zero-order valence-electron chi connectivity index (χ0n) is 13.5. The topological polar surface area (TPSA) is 55.4 Å². The van der Waals surface area contributed by atoms with Crippen molar-refractivity contribution in [1.29, 1.82) is 0 Å². The van der Waals surface area contributed by atoms with Gasteiger partial charge in [0, 0.05) is 12.1 Å². The summed E-state index contributed by atoms with van der Waals surface area (Å²) >= 11 is 0. The van der Waals surface area contributed by atoms with Gasteiger partial charge in [0.15, 0.2) is 6.61 Å². The maximum absolute atomic E-state index is 13.4. The molecule has 0 aromatic heterocycles. The van der Waals surface area contributed by atoms with Crippen molar-refractivity contribution >= 4 is 23.6 Å². The van der Waals surface area contributed by atoms with Crippen LogP contribution in [0.4, 0.5) is 27.6 Å². The largest absolute Gasteiger partial charge is 0.452 e. The van der Waals surface area contributed by atoms with Gasteiger partial charge >= 0.3 is 12.1 Å². The van der Waals surface area contributed by atoms with Crippen LogP contribution < -0.4 is 5.32 Å². The molecule has 0 spiro atoms. The second-order valence-electron chi connectivity index (χ2n) is 5.23. The number of hydrogen-bond acceptors (Lipinski definition) is 3. The van der Waals surface area contributed by atoms with Crippen molar-refractivity contribution in [3.8, 4) is 0 Å². The van der Waals surface area contributed by atoms with E-state index in [1.165, 1.54) is 6.08 Å². The van der Waals surface area contributed by atoms with Gasteiger partial charge in [-0.3, -0.25) is 4.79 Å². The van der Waals surface area contributed by atoms with E-state index in [0.717, 1.165) is 48.5 Å². The molecule has 9 heteroatoms. The number of ether oxygens (including phenoxy) is 1. The highest BCUT2D eigenvalue weighted by molar-refractivity contribution is 5.94. The number of carbonyl (C=O) groups is 2. The van der Waals surface area contributed by atoms with Crippen LogP contribution in [0.3, 0.4) is 0 Å². The third-order valence-electron chi connectivity index (χ3n) is 3.20. The molecule has 27 heavy (non-hydrogen) atoms. The monoisotopic (exact) mass is 385 g/mol. The Balaban J connectivity index is 1.85. The van der Waals surface area contributed by atoms with Gasteiger partial charge in [-0.25, -0.2) is 13.6 Å². The molecular weight excluding hydrogens is 373 g/mol. The van der Waals surface area contributed by atoms with Gasteiger partial charge in [-0.15, -0.1) is 0 Å². The maximum atomic E-state index is 13.4. The molecule has 0 saturated carbocycles. The van der Waals surface area contributed by atoms with Crippen molar-refractivity contribution in [3.63, 3.8) is 0 Å². The van der Waals surface area contributed by atoms with Crippen LogP contribution in [-0.4, -0.2) is 18.5 Å². The highest BCUT2D eigenvalue weighted by Crippen LogP contribution is 2.29. The smallest absolute Gasteiger partial charge is 0.416 e. The predicted molar refractivity (Wildman–Crippen MR) is 86.4 cm³/mol.